The van der Waals surface area contributed by atoms with Crippen LogP contribution in [-0.2, 0) is 10.2 Å². The van der Waals surface area contributed by atoms with Gasteiger partial charge in [0, 0.05) is 45.8 Å². The van der Waals surface area contributed by atoms with Gasteiger partial charge in [0.1, 0.15) is 18.5 Å². The first-order valence-electron chi connectivity index (χ1n) is 10.8. The van der Waals surface area contributed by atoms with E-state index in [2.05, 4.69) is 11.0 Å². The Morgan fingerprint density at radius 2 is 1.53 bits per heavy atom. The summed E-state index contributed by atoms with van der Waals surface area (Å²) in [4.78, 5) is 2.11. The molecule has 2 aromatic carbocycles. The van der Waals surface area contributed by atoms with E-state index in [-0.39, 0.29) is 6.61 Å². The molecule has 30 heavy (non-hydrogen) atoms. The van der Waals surface area contributed by atoms with Crippen LogP contribution in [0.15, 0.2) is 42.5 Å². The van der Waals surface area contributed by atoms with Gasteiger partial charge in [-0.25, -0.2) is 0 Å². The summed E-state index contributed by atoms with van der Waals surface area (Å²) in [6.07, 6.45) is 2.38. The number of β-amino-alcohol motifs (C(OH)–C–C–N with tert-alkyl or cyclic N) is 1. The normalized spacial score (nSPS) is 21.0. The summed E-state index contributed by atoms with van der Waals surface area (Å²) in [7, 11) is -3.35. The molecule has 8 heteroatoms. The Morgan fingerprint density at radius 1 is 0.867 bits per heavy atom. The number of hydrogen-bond donors (Lipinski definition) is 1. The van der Waals surface area contributed by atoms with Gasteiger partial charge >= 0.3 is 0 Å². The van der Waals surface area contributed by atoms with Gasteiger partial charge in [-0.15, -0.1) is 0 Å². The van der Waals surface area contributed by atoms with E-state index < -0.39 is 16.3 Å². The molecule has 7 nitrogen and oxygen atoms in total. The van der Waals surface area contributed by atoms with Crippen molar-refractivity contribution in [1.29, 1.82) is 0 Å². The molecule has 0 bridgehead atoms. The first kappa shape index (κ1) is 21.5. The predicted molar refractivity (Wildman–Crippen MR) is 118 cm³/mol. The van der Waals surface area contributed by atoms with Crippen molar-refractivity contribution in [3.05, 3.63) is 42.5 Å². The Balaban J connectivity index is 1.23. The Bertz CT molecular complexity index is 938. The van der Waals surface area contributed by atoms with Gasteiger partial charge in [0.05, 0.1) is 0 Å². The summed E-state index contributed by atoms with van der Waals surface area (Å²) in [5, 5.41) is 12.7. The third kappa shape index (κ3) is 5.12. The third-order valence-electron chi connectivity index (χ3n) is 5.93. The summed E-state index contributed by atoms with van der Waals surface area (Å²) >= 11 is 0. The van der Waals surface area contributed by atoms with Gasteiger partial charge in [-0.3, -0.25) is 4.90 Å². The van der Waals surface area contributed by atoms with E-state index in [0.29, 0.717) is 45.8 Å². The van der Waals surface area contributed by atoms with Gasteiger partial charge in [-0.1, -0.05) is 36.8 Å². The van der Waals surface area contributed by atoms with E-state index in [1.54, 1.807) is 8.61 Å². The van der Waals surface area contributed by atoms with Crippen LogP contribution >= 0.6 is 0 Å². The van der Waals surface area contributed by atoms with Crippen LogP contribution in [-0.4, -0.2) is 85.6 Å². The van der Waals surface area contributed by atoms with E-state index in [0.717, 1.165) is 35.8 Å². The van der Waals surface area contributed by atoms with Crippen LogP contribution in [0.1, 0.15) is 19.3 Å². The molecule has 164 valence electrons. The van der Waals surface area contributed by atoms with E-state index in [4.69, 9.17) is 4.74 Å². The van der Waals surface area contributed by atoms with Crippen LogP contribution in [0.3, 0.4) is 0 Å². The Hall–Kier alpha value is -1.71. The number of nitrogens with zero attached hydrogens (tertiary/aromatic N) is 3. The molecule has 2 aromatic rings. The Morgan fingerprint density at radius 3 is 2.27 bits per heavy atom. The van der Waals surface area contributed by atoms with Crippen molar-refractivity contribution in [3.63, 3.8) is 0 Å². The van der Waals surface area contributed by atoms with Crippen molar-refractivity contribution in [2.75, 3.05) is 52.4 Å². The first-order valence-corrected chi connectivity index (χ1v) is 12.2. The molecule has 0 amide bonds. The molecule has 0 radical (unpaired) electrons. The van der Waals surface area contributed by atoms with Crippen molar-refractivity contribution in [2.45, 2.75) is 25.4 Å². The minimum atomic E-state index is -3.35. The number of piperazine rings is 1. The molecule has 0 spiro atoms. The highest BCUT2D eigenvalue weighted by atomic mass is 32.2. The van der Waals surface area contributed by atoms with Gasteiger partial charge in [0.2, 0.25) is 0 Å². The second-order valence-corrected chi connectivity index (χ2v) is 10.1. The van der Waals surface area contributed by atoms with E-state index in [1.165, 1.54) is 0 Å². The van der Waals surface area contributed by atoms with Crippen LogP contribution in [0.5, 0.6) is 5.75 Å². The van der Waals surface area contributed by atoms with Crippen molar-refractivity contribution in [2.24, 2.45) is 0 Å². The molecule has 2 aliphatic rings. The zero-order chi connectivity index (χ0) is 21.0. The summed E-state index contributed by atoms with van der Waals surface area (Å²) in [6, 6.07) is 14.0. The van der Waals surface area contributed by atoms with E-state index >= 15 is 0 Å². The number of hydrogen-bond acceptors (Lipinski definition) is 5. The molecular formula is C22H31N3O4S. The fourth-order valence-corrected chi connectivity index (χ4v) is 5.87. The minimum absolute atomic E-state index is 0.213. The lowest BCUT2D eigenvalue weighted by atomic mass is 10.1. The second kappa shape index (κ2) is 9.62. The molecule has 4 rings (SSSR count). The fourth-order valence-electron chi connectivity index (χ4n) is 4.20. The van der Waals surface area contributed by atoms with Gasteiger partial charge < -0.3 is 9.84 Å². The van der Waals surface area contributed by atoms with Crippen LogP contribution in [0, 0.1) is 0 Å². The number of piperidine rings is 1. The smallest absolute Gasteiger partial charge is 0.282 e. The van der Waals surface area contributed by atoms with Crippen molar-refractivity contribution < 1.29 is 18.3 Å². The average molecular weight is 434 g/mol. The molecule has 0 aromatic heterocycles. The topological polar surface area (TPSA) is 73.3 Å². The summed E-state index contributed by atoms with van der Waals surface area (Å²) in [5.74, 6) is 0.741. The minimum Gasteiger partial charge on any atom is -0.491 e. The van der Waals surface area contributed by atoms with Gasteiger partial charge in [-0.05, 0) is 35.7 Å². The Labute approximate surface area is 179 Å². The Kier molecular flexibility index (Phi) is 6.90. The lowest BCUT2D eigenvalue weighted by molar-refractivity contribution is 0.0562. The molecule has 0 unspecified atom stereocenters. The molecule has 2 aliphatic heterocycles. The zero-order valence-electron chi connectivity index (χ0n) is 17.3. The van der Waals surface area contributed by atoms with Gasteiger partial charge in [0.15, 0.2) is 0 Å². The van der Waals surface area contributed by atoms with Crippen LogP contribution in [0.2, 0.25) is 0 Å². The third-order valence-corrected chi connectivity index (χ3v) is 7.97. The number of aliphatic hydroxyl groups is 1. The average Bonchev–Trinajstić information content (AvgIpc) is 2.78. The van der Waals surface area contributed by atoms with Crippen LogP contribution in [0.4, 0.5) is 0 Å². The molecule has 0 aliphatic carbocycles. The summed E-state index contributed by atoms with van der Waals surface area (Å²) in [6.45, 7) is 4.14. The SMILES string of the molecule is O=S(=O)(N1CCCCC1)N1CCN(C[C@H](O)COc2ccc3ccccc3c2)CC1. The molecule has 1 atom stereocenters. The second-order valence-electron chi connectivity index (χ2n) is 8.14. The van der Waals surface area contributed by atoms with Crippen LogP contribution in [0.25, 0.3) is 10.8 Å². The molecular weight excluding hydrogens is 402 g/mol. The molecule has 1 N–H and O–H groups in total. The highest BCUT2D eigenvalue weighted by Crippen LogP contribution is 2.21. The largest absolute Gasteiger partial charge is 0.491 e. The predicted octanol–water partition coefficient (Wildman–Crippen LogP) is 1.93. The summed E-state index contributed by atoms with van der Waals surface area (Å²) < 4.78 is 34.6. The maximum atomic E-state index is 12.8. The van der Waals surface area contributed by atoms with Crippen LogP contribution < -0.4 is 4.74 Å². The highest BCUT2D eigenvalue weighted by molar-refractivity contribution is 7.86. The molecule has 0 saturated carbocycles. The molecule has 2 heterocycles. The molecule has 2 saturated heterocycles. The monoisotopic (exact) mass is 433 g/mol. The quantitative estimate of drug-likeness (QED) is 0.722. The fraction of sp³-hybridized carbons (Fsp3) is 0.545. The molecule has 2 fully saturated rings. The van der Waals surface area contributed by atoms with E-state index in [1.807, 2.05) is 36.4 Å². The van der Waals surface area contributed by atoms with Crippen molar-refractivity contribution >= 4 is 21.0 Å². The number of rotatable bonds is 7. The zero-order valence-corrected chi connectivity index (χ0v) is 18.1. The van der Waals surface area contributed by atoms with Gasteiger partial charge in [0.25, 0.3) is 10.2 Å². The number of fused-ring (bicyclic) bond motifs is 1. The number of ether oxygens (including phenoxy) is 1. The van der Waals surface area contributed by atoms with E-state index in [9.17, 15) is 13.5 Å². The maximum Gasteiger partial charge on any atom is 0.282 e. The lowest BCUT2D eigenvalue weighted by Gasteiger charge is -2.38. The standard InChI is InChI=1S/C22H31N3O4S/c26-21(18-29-22-9-8-19-6-2-3-7-20(19)16-22)17-23-12-14-25(15-13-23)30(27,28)24-10-4-1-5-11-24/h2-3,6-9,16,21,26H,1,4-5,10-15,17-18H2/t21-/m0/s1. The summed E-state index contributed by atoms with van der Waals surface area (Å²) in [5.41, 5.74) is 0. The maximum absolute atomic E-state index is 12.8. The van der Waals surface area contributed by atoms with Gasteiger partial charge in [-0.2, -0.15) is 17.0 Å². The van der Waals surface area contributed by atoms with Crippen molar-refractivity contribution in [1.82, 2.24) is 13.5 Å². The van der Waals surface area contributed by atoms with Crippen molar-refractivity contribution in [3.8, 4) is 5.75 Å². The number of aliphatic hydroxyl groups excluding tert-OH is 1. The first-order chi connectivity index (χ1) is 14.5. The highest BCUT2D eigenvalue weighted by Gasteiger charge is 2.33. The number of benzene rings is 2. The lowest BCUT2D eigenvalue weighted by Crippen LogP contribution is -2.54.